The fourth-order valence-corrected chi connectivity index (χ4v) is 3.41. The SMILES string of the molecule is CCc1ccc(NC(=O)CSc2nnc(CNC(=O)c3cccc([N+](=O)[O-])c3C)o2)cc1. The van der Waals surface area contributed by atoms with Crippen LogP contribution in [0.3, 0.4) is 0 Å². The van der Waals surface area contributed by atoms with Crippen LogP contribution in [0, 0.1) is 17.0 Å². The molecule has 0 aliphatic heterocycles. The van der Waals surface area contributed by atoms with Crippen molar-refractivity contribution in [1.82, 2.24) is 15.5 Å². The second kappa shape index (κ2) is 10.5. The number of carbonyl (C=O) groups excluding carboxylic acids is 2. The molecule has 32 heavy (non-hydrogen) atoms. The van der Waals surface area contributed by atoms with Gasteiger partial charge in [-0.25, -0.2) is 0 Å². The van der Waals surface area contributed by atoms with E-state index in [0.29, 0.717) is 5.69 Å². The first-order valence-corrected chi connectivity index (χ1v) is 10.7. The van der Waals surface area contributed by atoms with Gasteiger partial charge in [0.05, 0.1) is 17.2 Å². The number of hydrogen-bond acceptors (Lipinski definition) is 8. The second-order valence-electron chi connectivity index (χ2n) is 6.74. The van der Waals surface area contributed by atoms with Crippen LogP contribution in [0.5, 0.6) is 0 Å². The number of nitrogens with one attached hydrogen (secondary N) is 2. The van der Waals surface area contributed by atoms with Gasteiger partial charge in [0.2, 0.25) is 11.8 Å². The summed E-state index contributed by atoms with van der Waals surface area (Å²) >= 11 is 1.07. The third kappa shape index (κ3) is 5.91. The molecule has 10 nitrogen and oxygen atoms in total. The maximum absolute atomic E-state index is 12.4. The minimum Gasteiger partial charge on any atom is -0.414 e. The number of nitrogens with zero attached hydrogens (tertiary/aromatic N) is 3. The lowest BCUT2D eigenvalue weighted by Gasteiger charge is -2.06. The number of thioether (sulfide) groups is 1. The fourth-order valence-electron chi connectivity index (χ4n) is 2.83. The highest BCUT2D eigenvalue weighted by Crippen LogP contribution is 2.21. The van der Waals surface area contributed by atoms with E-state index in [9.17, 15) is 19.7 Å². The van der Waals surface area contributed by atoms with E-state index in [4.69, 9.17) is 4.42 Å². The molecule has 11 heteroatoms. The summed E-state index contributed by atoms with van der Waals surface area (Å²) in [6.07, 6.45) is 0.926. The Hall–Kier alpha value is -3.73. The second-order valence-corrected chi connectivity index (χ2v) is 7.67. The number of anilines is 1. The summed E-state index contributed by atoms with van der Waals surface area (Å²) in [5, 5.41) is 24.3. The van der Waals surface area contributed by atoms with Crippen molar-refractivity contribution in [3.05, 3.63) is 75.2 Å². The van der Waals surface area contributed by atoms with Crippen molar-refractivity contribution in [3.63, 3.8) is 0 Å². The van der Waals surface area contributed by atoms with Crippen molar-refractivity contribution >= 4 is 35.0 Å². The summed E-state index contributed by atoms with van der Waals surface area (Å²) in [5.41, 5.74) is 2.22. The molecule has 1 heterocycles. The van der Waals surface area contributed by atoms with Crippen molar-refractivity contribution in [2.24, 2.45) is 0 Å². The van der Waals surface area contributed by atoms with Crippen LogP contribution < -0.4 is 10.6 Å². The molecule has 0 radical (unpaired) electrons. The topological polar surface area (TPSA) is 140 Å². The van der Waals surface area contributed by atoms with Crippen LogP contribution >= 0.6 is 11.8 Å². The van der Waals surface area contributed by atoms with Crippen LogP contribution in [0.4, 0.5) is 11.4 Å². The molecule has 0 saturated heterocycles. The predicted molar refractivity (Wildman–Crippen MR) is 118 cm³/mol. The van der Waals surface area contributed by atoms with Crippen molar-refractivity contribution in [3.8, 4) is 0 Å². The fraction of sp³-hybridized carbons (Fsp3) is 0.238. The third-order valence-corrected chi connectivity index (χ3v) is 5.39. The molecule has 0 saturated carbocycles. The molecule has 0 aliphatic carbocycles. The van der Waals surface area contributed by atoms with Gasteiger partial charge >= 0.3 is 0 Å². The van der Waals surface area contributed by atoms with Gasteiger partial charge in [0.25, 0.3) is 16.8 Å². The van der Waals surface area contributed by atoms with Gasteiger partial charge in [0.15, 0.2) is 0 Å². The molecule has 0 atom stereocenters. The van der Waals surface area contributed by atoms with Gasteiger partial charge in [-0.2, -0.15) is 0 Å². The number of carbonyl (C=O) groups is 2. The van der Waals surface area contributed by atoms with E-state index >= 15 is 0 Å². The Labute approximate surface area is 188 Å². The molecule has 2 N–H and O–H groups in total. The Morgan fingerprint density at radius 3 is 2.59 bits per heavy atom. The summed E-state index contributed by atoms with van der Waals surface area (Å²) in [5.74, 6) is -0.476. The molecule has 3 rings (SSSR count). The van der Waals surface area contributed by atoms with E-state index in [0.717, 1.165) is 18.2 Å². The lowest BCUT2D eigenvalue weighted by atomic mass is 10.1. The minimum atomic E-state index is -0.538. The highest BCUT2D eigenvalue weighted by Gasteiger charge is 2.18. The quantitative estimate of drug-likeness (QED) is 0.284. The number of nitro groups is 1. The van der Waals surface area contributed by atoms with Gasteiger partial charge in [-0.3, -0.25) is 19.7 Å². The van der Waals surface area contributed by atoms with Gasteiger partial charge in [-0.05, 0) is 37.1 Å². The average molecular weight is 455 g/mol. The van der Waals surface area contributed by atoms with Crippen molar-refractivity contribution in [2.75, 3.05) is 11.1 Å². The zero-order valence-corrected chi connectivity index (χ0v) is 18.3. The summed E-state index contributed by atoms with van der Waals surface area (Å²) in [6.45, 7) is 3.52. The molecule has 0 bridgehead atoms. The van der Waals surface area contributed by atoms with Gasteiger partial charge in [-0.15, -0.1) is 10.2 Å². The molecular formula is C21H21N5O5S. The first-order chi connectivity index (χ1) is 15.4. The number of benzene rings is 2. The van der Waals surface area contributed by atoms with Gasteiger partial charge in [0.1, 0.15) is 0 Å². The first kappa shape index (κ1) is 22.9. The molecule has 0 fully saturated rings. The monoisotopic (exact) mass is 455 g/mol. The van der Waals surface area contributed by atoms with Crippen LogP contribution in [-0.4, -0.2) is 32.7 Å². The Morgan fingerprint density at radius 1 is 1.16 bits per heavy atom. The van der Waals surface area contributed by atoms with E-state index < -0.39 is 10.8 Å². The van der Waals surface area contributed by atoms with Gasteiger partial charge in [-0.1, -0.05) is 36.9 Å². The van der Waals surface area contributed by atoms with Gasteiger partial charge in [0, 0.05) is 22.9 Å². The summed E-state index contributed by atoms with van der Waals surface area (Å²) in [7, 11) is 0. The average Bonchev–Trinajstić information content (AvgIpc) is 3.24. The number of aromatic nitrogens is 2. The van der Waals surface area contributed by atoms with E-state index in [1.807, 2.05) is 24.3 Å². The molecule has 166 valence electrons. The number of hydrogen-bond donors (Lipinski definition) is 2. The first-order valence-electron chi connectivity index (χ1n) is 9.73. The van der Waals surface area contributed by atoms with Crippen molar-refractivity contribution < 1.29 is 18.9 Å². The van der Waals surface area contributed by atoms with Crippen molar-refractivity contribution in [1.29, 1.82) is 0 Å². The van der Waals surface area contributed by atoms with Gasteiger partial charge < -0.3 is 15.1 Å². The maximum Gasteiger partial charge on any atom is 0.277 e. The van der Waals surface area contributed by atoms with Crippen LogP contribution in [0.1, 0.15) is 34.3 Å². The Morgan fingerprint density at radius 2 is 1.91 bits per heavy atom. The Balaban J connectivity index is 1.49. The minimum absolute atomic E-state index is 0.0511. The molecule has 2 aromatic carbocycles. The van der Waals surface area contributed by atoms with E-state index in [-0.39, 0.29) is 46.1 Å². The standard InChI is InChI=1S/C21H21N5O5S/c1-3-14-7-9-15(10-8-14)23-18(27)12-32-21-25-24-19(31-21)11-22-20(28)16-5-4-6-17(13(16)2)26(29)30/h4-10H,3,11-12H2,1-2H3,(H,22,28)(H,23,27). The smallest absolute Gasteiger partial charge is 0.277 e. The van der Waals surface area contributed by atoms with Crippen LogP contribution in [-0.2, 0) is 17.8 Å². The van der Waals surface area contributed by atoms with E-state index in [2.05, 4.69) is 27.8 Å². The zero-order valence-electron chi connectivity index (χ0n) is 17.5. The molecule has 0 aliphatic rings. The van der Waals surface area contributed by atoms with Crippen LogP contribution in [0.25, 0.3) is 0 Å². The van der Waals surface area contributed by atoms with E-state index in [1.54, 1.807) is 0 Å². The highest BCUT2D eigenvalue weighted by atomic mass is 32.2. The molecular weight excluding hydrogens is 434 g/mol. The normalized spacial score (nSPS) is 10.6. The molecule has 1 aromatic heterocycles. The number of aryl methyl sites for hydroxylation is 1. The molecule has 0 spiro atoms. The Kier molecular flexibility index (Phi) is 7.55. The van der Waals surface area contributed by atoms with Crippen molar-refractivity contribution in [2.45, 2.75) is 32.0 Å². The highest BCUT2D eigenvalue weighted by molar-refractivity contribution is 7.99. The van der Waals surface area contributed by atoms with Crippen LogP contribution in [0.2, 0.25) is 0 Å². The number of amides is 2. The predicted octanol–water partition coefficient (Wildman–Crippen LogP) is 3.51. The summed E-state index contributed by atoms with van der Waals surface area (Å²) in [6, 6.07) is 11.9. The number of rotatable bonds is 9. The molecule has 3 aromatic rings. The lowest BCUT2D eigenvalue weighted by Crippen LogP contribution is -2.24. The van der Waals surface area contributed by atoms with Crippen LogP contribution in [0.15, 0.2) is 52.1 Å². The largest absolute Gasteiger partial charge is 0.414 e. The summed E-state index contributed by atoms with van der Waals surface area (Å²) < 4.78 is 5.43. The zero-order chi connectivity index (χ0) is 23.1. The molecule has 0 unspecified atom stereocenters. The van der Waals surface area contributed by atoms with E-state index in [1.165, 1.54) is 30.7 Å². The number of nitro benzene ring substituents is 1. The lowest BCUT2D eigenvalue weighted by molar-refractivity contribution is -0.385. The Bertz CT molecular complexity index is 1130. The summed E-state index contributed by atoms with van der Waals surface area (Å²) in [4.78, 5) is 35.0. The molecule has 2 amide bonds. The maximum atomic E-state index is 12.4. The third-order valence-electron chi connectivity index (χ3n) is 4.57.